The fraction of sp³-hybridized carbons (Fsp3) is 0.583. The molecule has 1 fully saturated rings. The molecule has 2 rings (SSSR count). The summed E-state index contributed by atoms with van der Waals surface area (Å²) in [4.78, 5) is 23.2. The molecule has 98 valence electrons. The van der Waals surface area contributed by atoms with Crippen molar-refractivity contribution >= 4 is 17.7 Å². The number of anilines is 1. The molecule has 0 aliphatic heterocycles. The monoisotopic (exact) mass is 251 g/mol. The van der Waals surface area contributed by atoms with E-state index >= 15 is 0 Å². The van der Waals surface area contributed by atoms with Crippen molar-refractivity contribution in [2.45, 2.75) is 32.6 Å². The molecule has 3 N–H and O–H groups in total. The molecule has 1 aromatic heterocycles. The van der Waals surface area contributed by atoms with Crippen molar-refractivity contribution in [3.8, 4) is 0 Å². The molecule has 0 bridgehead atoms. The number of aromatic amines is 1. The molecule has 2 atom stereocenters. The summed E-state index contributed by atoms with van der Waals surface area (Å²) in [6.07, 6.45) is 2.99. The van der Waals surface area contributed by atoms with Gasteiger partial charge in [0.05, 0.1) is 11.8 Å². The average Bonchev–Trinajstić information content (AvgIpc) is 2.74. The van der Waals surface area contributed by atoms with E-state index in [0.717, 1.165) is 18.5 Å². The molecule has 0 unspecified atom stereocenters. The van der Waals surface area contributed by atoms with Gasteiger partial charge in [0.1, 0.15) is 0 Å². The lowest BCUT2D eigenvalue weighted by Crippen LogP contribution is -2.36. The van der Waals surface area contributed by atoms with Gasteiger partial charge in [-0.25, -0.2) is 0 Å². The number of aryl methyl sites for hydroxylation is 1. The van der Waals surface area contributed by atoms with Gasteiger partial charge in [0, 0.05) is 11.8 Å². The van der Waals surface area contributed by atoms with Crippen LogP contribution in [0.5, 0.6) is 0 Å². The quantitative estimate of drug-likeness (QED) is 0.759. The molecule has 1 aromatic rings. The van der Waals surface area contributed by atoms with E-state index < -0.39 is 17.8 Å². The highest BCUT2D eigenvalue weighted by Gasteiger charge is 2.35. The lowest BCUT2D eigenvalue weighted by molar-refractivity contribution is -0.147. The van der Waals surface area contributed by atoms with Crippen molar-refractivity contribution in [1.82, 2.24) is 10.2 Å². The Bertz CT molecular complexity index is 455. The van der Waals surface area contributed by atoms with E-state index in [-0.39, 0.29) is 5.91 Å². The number of carbonyl (C=O) groups is 2. The number of aromatic nitrogens is 2. The Balaban J connectivity index is 2.04. The van der Waals surface area contributed by atoms with Crippen LogP contribution in [0.1, 0.15) is 31.4 Å². The second-order valence-electron chi connectivity index (χ2n) is 4.76. The molecular formula is C12H17N3O3. The first-order valence-corrected chi connectivity index (χ1v) is 6.13. The van der Waals surface area contributed by atoms with Crippen molar-refractivity contribution in [2.75, 3.05) is 5.32 Å². The number of nitrogens with zero attached hydrogens (tertiary/aromatic N) is 1. The topological polar surface area (TPSA) is 95.1 Å². The van der Waals surface area contributed by atoms with E-state index in [2.05, 4.69) is 15.5 Å². The molecular weight excluding hydrogens is 234 g/mol. The highest BCUT2D eigenvalue weighted by Crippen LogP contribution is 2.31. The van der Waals surface area contributed by atoms with Crippen molar-refractivity contribution in [1.29, 1.82) is 0 Å². The Kier molecular flexibility index (Phi) is 3.64. The van der Waals surface area contributed by atoms with Crippen LogP contribution in [0, 0.1) is 18.8 Å². The first-order valence-electron chi connectivity index (χ1n) is 6.13. The maximum absolute atomic E-state index is 12.1. The Morgan fingerprint density at radius 1 is 1.39 bits per heavy atom. The van der Waals surface area contributed by atoms with E-state index in [1.807, 2.05) is 6.92 Å². The van der Waals surface area contributed by atoms with Crippen molar-refractivity contribution in [3.05, 3.63) is 11.8 Å². The molecule has 6 heteroatoms. The van der Waals surface area contributed by atoms with Crippen LogP contribution >= 0.6 is 0 Å². The minimum Gasteiger partial charge on any atom is -0.481 e. The summed E-state index contributed by atoms with van der Waals surface area (Å²) in [6, 6.07) is 1.72. The molecule has 1 amide bonds. The van der Waals surface area contributed by atoms with Gasteiger partial charge < -0.3 is 10.4 Å². The SMILES string of the molecule is Cc1cc(NC(=O)[C@@H]2CCCC[C@@H]2C(=O)O)n[nH]1. The van der Waals surface area contributed by atoms with Gasteiger partial charge in [-0.2, -0.15) is 5.10 Å². The third-order valence-electron chi connectivity index (χ3n) is 3.38. The minimum absolute atomic E-state index is 0.242. The zero-order chi connectivity index (χ0) is 13.1. The van der Waals surface area contributed by atoms with Gasteiger partial charge in [-0.1, -0.05) is 12.8 Å². The fourth-order valence-electron chi connectivity index (χ4n) is 2.44. The second kappa shape index (κ2) is 5.20. The van der Waals surface area contributed by atoms with Crippen LogP contribution in [-0.4, -0.2) is 27.2 Å². The first-order chi connectivity index (χ1) is 8.58. The Labute approximate surface area is 105 Å². The molecule has 0 saturated heterocycles. The lowest BCUT2D eigenvalue weighted by atomic mass is 9.79. The van der Waals surface area contributed by atoms with Gasteiger partial charge in [-0.3, -0.25) is 14.7 Å². The standard InChI is InChI=1S/C12H17N3O3/c1-7-6-10(15-14-7)13-11(16)8-4-2-3-5-9(8)12(17)18/h6,8-9H,2-5H2,1H3,(H,17,18)(H2,13,14,15,16)/t8-,9+/m1/s1. The molecule has 1 saturated carbocycles. The average molecular weight is 251 g/mol. The minimum atomic E-state index is -0.881. The van der Waals surface area contributed by atoms with Crippen LogP contribution in [0.2, 0.25) is 0 Å². The normalized spacial score (nSPS) is 23.6. The van der Waals surface area contributed by atoms with Gasteiger partial charge >= 0.3 is 5.97 Å². The van der Waals surface area contributed by atoms with E-state index in [1.54, 1.807) is 6.07 Å². The van der Waals surface area contributed by atoms with Crippen LogP contribution in [0.25, 0.3) is 0 Å². The maximum atomic E-state index is 12.1. The van der Waals surface area contributed by atoms with Crippen LogP contribution in [-0.2, 0) is 9.59 Å². The highest BCUT2D eigenvalue weighted by molar-refractivity contribution is 5.94. The summed E-state index contributed by atoms with van der Waals surface area (Å²) < 4.78 is 0. The fourth-order valence-corrected chi connectivity index (χ4v) is 2.44. The number of hydrogen-bond acceptors (Lipinski definition) is 3. The van der Waals surface area contributed by atoms with Crippen LogP contribution in [0.3, 0.4) is 0 Å². The summed E-state index contributed by atoms with van der Waals surface area (Å²) in [5.41, 5.74) is 0.851. The molecule has 1 aliphatic rings. The van der Waals surface area contributed by atoms with E-state index in [9.17, 15) is 9.59 Å². The van der Waals surface area contributed by atoms with Crippen LogP contribution < -0.4 is 5.32 Å². The van der Waals surface area contributed by atoms with Crippen molar-refractivity contribution in [2.24, 2.45) is 11.8 Å². The number of H-pyrrole nitrogens is 1. The predicted molar refractivity (Wildman–Crippen MR) is 65.0 cm³/mol. The lowest BCUT2D eigenvalue weighted by Gasteiger charge is -2.27. The van der Waals surface area contributed by atoms with Crippen molar-refractivity contribution < 1.29 is 14.7 Å². The zero-order valence-corrected chi connectivity index (χ0v) is 10.3. The van der Waals surface area contributed by atoms with Gasteiger partial charge in [-0.05, 0) is 19.8 Å². The number of rotatable bonds is 3. The molecule has 0 aromatic carbocycles. The molecule has 1 heterocycles. The Morgan fingerprint density at radius 2 is 2.06 bits per heavy atom. The number of aliphatic carboxylic acids is 1. The van der Waals surface area contributed by atoms with Gasteiger partial charge in [0.25, 0.3) is 0 Å². The first kappa shape index (κ1) is 12.6. The summed E-state index contributed by atoms with van der Waals surface area (Å²) in [5.74, 6) is -1.69. The number of carboxylic acid groups (broad SMARTS) is 1. The third-order valence-corrected chi connectivity index (χ3v) is 3.38. The third kappa shape index (κ3) is 2.69. The number of carboxylic acids is 1. The number of nitrogens with one attached hydrogen (secondary N) is 2. The molecule has 18 heavy (non-hydrogen) atoms. The highest BCUT2D eigenvalue weighted by atomic mass is 16.4. The van der Waals surface area contributed by atoms with Gasteiger partial charge in [0.2, 0.25) is 5.91 Å². The predicted octanol–water partition coefficient (Wildman–Crippen LogP) is 1.55. The molecule has 1 aliphatic carbocycles. The summed E-state index contributed by atoms with van der Waals surface area (Å²) in [6.45, 7) is 1.84. The largest absolute Gasteiger partial charge is 0.481 e. The van der Waals surface area contributed by atoms with E-state index in [4.69, 9.17) is 5.11 Å². The number of carbonyl (C=O) groups excluding carboxylic acids is 1. The van der Waals surface area contributed by atoms with Crippen LogP contribution in [0.15, 0.2) is 6.07 Å². The summed E-state index contributed by atoms with van der Waals surface area (Å²) in [5, 5.41) is 18.4. The van der Waals surface area contributed by atoms with E-state index in [1.165, 1.54) is 0 Å². The Morgan fingerprint density at radius 3 is 2.61 bits per heavy atom. The zero-order valence-electron chi connectivity index (χ0n) is 10.3. The van der Waals surface area contributed by atoms with Gasteiger partial charge in [0.15, 0.2) is 5.82 Å². The second-order valence-corrected chi connectivity index (χ2v) is 4.76. The number of hydrogen-bond donors (Lipinski definition) is 3. The maximum Gasteiger partial charge on any atom is 0.307 e. The van der Waals surface area contributed by atoms with Gasteiger partial charge in [-0.15, -0.1) is 0 Å². The molecule has 0 spiro atoms. The Hall–Kier alpha value is -1.85. The molecule has 0 radical (unpaired) electrons. The van der Waals surface area contributed by atoms with Crippen LogP contribution in [0.4, 0.5) is 5.82 Å². The number of amides is 1. The summed E-state index contributed by atoms with van der Waals surface area (Å²) >= 11 is 0. The van der Waals surface area contributed by atoms with Crippen molar-refractivity contribution in [3.63, 3.8) is 0 Å². The summed E-state index contributed by atoms with van der Waals surface area (Å²) in [7, 11) is 0. The van der Waals surface area contributed by atoms with E-state index in [0.29, 0.717) is 18.7 Å². The molecule has 6 nitrogen and oxygen atoms in total. The smallest absolute Gasteiger partial charge is 0.307 e.